The first kappa shape index (κ1) is 16.7. The van der Waals surface area contributed by atoms with Crippen molar-refractivity contribution in [2.75, 3.05) is 13.2 Å². The Labute approximate surface area is 133 Å². The van der Waals surface area contributed by atoms with Gasteiger partial charge in [0.15, 0.2) is 0 Å². The van der Waals surface area contributed by atoms with Gasteiger partial charge in [-0.25, -0.2) is 0 Å². The minimum absolute atomic E-state index is 0.152. The van der Waals surface area contributed by atoms with Gasteiger partial charge in [-0.3, -0.25) is 4.79 Å². The quantitative estimate of drug-likeness (QED) is 0.766. The molecule has 1 saturated carbocycles. The van der Waals surface area contributed by atoms with E-state index in [9.17, 15) is 4.79 Å². The molecule has 1 heterocycles. The van der Waals surface area contributed by atoms with Crippen LogP contribution in [0.2, 0.25) is 0 Å². The molecule has 1 aliphatic carbocycles. The van der Waals surface area contributed by atoms with E-state index in [1.165, 1.54) is 0 Å². The van der Waals surface area contributed by atoms with Crippen molar-refractivity contribution < 1.29 is 9.53 Å². The molecular weight excluding hydrogens is 284 g/mol. The predicted octanol–water partition coefficient (Wildman–Crippen LogP) is 2.64. The van der Waals surface area contributed by atoms with Gasteiger partial charge in [0, 0.05) is 6.54 Å². The second-order valence-corrected chi connectivity index (χ2v) is 6.79. The first-order valence-electron chi connectivity index (χ1n) is 8.29. The number of amides is 1. The van der Waals surface area contributed by atoms with Crippen LogP contribution in [0.1, 0.15) is 58.8 Å². The molecule has 0 spiro atoms. The molecule has 0 bridgehead atoms. The Hall–Kier alpha value is -0.680. The Bertz CT molecular complexity index is 394. The smallest absolute Gasteiger partial charge is 0.236 e. The van der Waals surface area contributed by atoms with Gasteiger partial charge in [0.2, 0.25) is 5.91 Å². The fourth-order valence-corrected chi connectivity index (χ4v) is 4.29. The molecule has 0 aromatic rings. The topological polar surface area (TPSA) is 55.6 Å². The Kier molecular flexibility index (Phi) is 5.60. The first-order valence-corrected chi connectivity index (χ1v) is 8.70. The van der Waals surface area contributed by atoms with Crippen molar-refractivity contribution in [3.63, 3.8) is 0 Å². The number of nitrogens with two attached hydrogens (primary N) is 1. The maximum Gasteiger partial charge on any atom is 0.236 e. The molecule has 5 heteroatoms. The van der Waals surface area contributed by atoms with E-state index in [0.29, 0.717) is 18.1 Å². The molecule has 2 atom stereocenters. The predicted molar refractivity (Wildman–Crippen MR) is 88.1 cm³/mol. The summed E-state index contributed by atoms with van der Waals surface area (Å²) in [7, 11) is 0. The van der Waals surface area contributed by atoms with Crippen LogP contribution >= 0.6 is 12.2 Å². The van der Waals surface area contributed by atoms with Crippen molar-refractivity contribution in [3.8, 4) is 0 Å². The lowest BCUT2D eigenvalue weighted by Crippen LogP contribution is -2.58. The summed E-state index contributed by atoms with van der Waals surface area (Å²) < 4.78 is 5.82. The lowest BCUT2D eigenvalue weighted by molar-refractivity contribution is -0.151. The van der Waals surface area contributed by atoms with E-state index < -0.39 is 5.41 Å². The summed E-state index contributed by atoms with van der Waals surface area (Å²) >= 11 is 5.32. The van der Waals surface area contributed by atoms with Crippen molar-refractivity contribution in [2.45, 2.75) is 70.9 Å². The third-order valence-electron chi connectivity index (χ3n) is 4.98. The van der Waals surface area contributed by atoms with Gasteiger partial charge in [-0.15, -0.1) is 0 Å². The number of ether oxygens (including phenoxy) is 1. The summed E-state index contributed by atoms with van der Waals surface area (Å²) in [5.74, 6) is 0.152. The molecule has 2 rings (SSSR count). The molecule has 2 fully saturated rings. The normalized spacial score (nSPS) is 25.7. The molecule has 0 aromatic heterocycles. The zero-order valence-corrected chi connectivity index (χ0v) is 14.1. The van der Waals surface area contributed by atoms with Crippen molar-refractivity contribution >= 4 is 23.1 Å². The zero-order chi connectivity index (χ0) is 15.5. The lowest BCUT2D eigenvalue weighted by atomic mass is 9.77. The van der Waals surface area contributed by atoms with E-state index in [-0.39, 0.29) is 18.1 Å². The largest absolute Gasteiger partial charge is 0.392 e. The molecular formula is C16H28N2O2S. The number of carbonyl (C=O) groups is 1. The summed E-state index contributed by atoms with van der Waals surface area (Å²) in [6, 6.07) is 0.230. The van der Waals surface area contributed by atoms with Gasteiger partial charge in [0.25, 0.3) is 0 Å². The van der Waals surface area contributed by atoms with Gasteiger partial charge in [0.1, 0.15) is 0 Å². The summed E-state index contributed by atoms with van der Waals surface area (Å²) in [6.07, 6.45) is 6.81. The minimum Gasteiger partial charge on any atom is -0.392 e. The van der Waals surface area contributed by atoms with Crippen LogP contribution in [0, 0.1) is 5.41 Å². The average Bonchev–Trinajstić information content (AvgIpc) is 2.94. The van der Waals surface area contributed by atoms with E-state index in [2.05, 4.69) is 13.8 Å². The molecule has 1 saturated heterocycles. The Morgan fingerprint density at radius 1 is 1.33 bits per heavy atom. The summed E-state index contributed by atoms with van der Waals surface area (Å²) in [4.78, 5) is 15.7. The number of hydrogen-bond donors (Lipinski definition) is 1. The lowest BCUT2D eigenvalue weighted by Gasteiger charge is -2.43. The fourth-order valence-electron chi connectivity index (χ4n) is 4.00. The number of fused-ring (bicyclic) bond motifs is 1. The summed E-state index contributed by atoms with van der Waals surface area (Å²) in [5.41, 5.74) is 5.39. The highest BCUT2D eigenvalue weighted by Crippen LogP contribution is 2.37. The third kappa shape index (κ3) is 3.09. The standard InChI is InChI=1S/C16H28N2O2S/c1-3-8-16(9-4-2,14(17)21)15(19)18-10-11-20-13-7-5-6-12(13)18/h12-13H,3-11H2,1-2H3,(H2,17,21). The monoisotopic (exact) mass is 312 g/mol. The van der Waals surface area contributed by atoms with E-state index in [4.69, 9.17) is 22.7 Å². The van der Waals surface area contributed by atoms with E-state index in [0.717, 1.165) is 44.9 Å². The second-order valence-electron chi connectivity index (χ2n) is 6.35. The highest BCUT2D eigenvalue weighted by Gasteiger charge is 2.47. The van der Waals surface area contributed by atoms with E-state index >= 15 is 0 Å². The maximum absolute atomic E-state index is 13.3. The molecule has 2 aliphatic rings. The van der Waals surface area contributed by atoms with Crippen LogP contribution in [-0.2, 0) is 9.53 Å². The molecule has 2 N–H and O–H groups in total. The van der Waals surface area contributed by atoms with Gasteiger partial charge in [0.05, 0.1) is 29.2 Å². The van der Waals surface area contributed by atoms with Gasteiger partial charge in [-0.1, -0.05) is 38.9 Å². The SMILES string of the molecule is CCCC(CCC)(C(=O)N1CCOC2CCCC21)C(N)=S. The molecule has 21 heavy (non-hydrogen) atoms. The minimum atomic E-state index is -0.649. The van der Waals surface area contributed by atoms with Crippen LogP contribution in [0.3, 0.4) is 0 Å². The highest BCUT2D eigenvalue weighted by atomic mass is 32.1. The average molecular weight is 312 g/mol. The van der Waals surface area contributed by atoms with Crippen molar-refractivity contribution in [1.29, 1.82) is 0 Å². The molecule has 1 amide bonds. The van der Waals surface area contributed by atoms with Gasteiger partial charge in [-0.2, -0.15) is 0 Å². The third-order valence-corrected chi connectivity index (χ3v) is 5.37. The molecule has 0 aromatic carbocycles. The number of carbonyl (C=O) groups excluding carboxylic acids is 1. The van der Waals surface area contributed by atoms with Crippen molar-refractivity contribution in [1.82, 2.24) is 4.90 Å². The van der Waals surface area contributed by atoms with Crippen LogP contribution in [0.4, 0.5) is 0 Å². The van der Waals surface area contributed by atoms with E-state index in [1.807, 2.05) is 4.90 Å². The van der Waals surface area contributed by atoms with Crippen molar-refractivity contribution in [3.05, 3.63) is 0 Å². The van der Waals surface area contributed by atoms with E-state index in [1.54, 1.807) is 0 Å². The molecule has 4 nitrogen and oxygen atoms in total. The van der Waals surface area contributed by atoms with Crippen LogP contribution in [0.5, 0.6) is 0 Å². The number of hydrogen-bond acceptors (Lipinski definition) is 3. The van der Waals surface area contributed by atoms with Gasteiger partial charge >= 0.3 is 0 Å². The molecule has 2 unspecified atom stereocenters. The maximum atomic E-state index is 13.3. The number of nitrogens with zero attached hydrogens (tertiary/aromatic N) is 1. The fraction of sp³-hybridized carbons (Fsp3) is 0.875. The number of thiocarbonyl (C=S) groups is 1. The van der Waals surface area contributed by atoms with Gasteiger partial charge < -0.3 is 15.4 Å². The Morgan fingerprint density at radius 3 is 2.57 bits per heavy atom. The highest BCUT2D eigenvalue weighted by molar-refractivity contribution is 7.80. The Balaban J connectivity index is 2.26. The number of rotatable bonds is 6. The van der Waals surface area contributed by atoms with Crippen LogP contribution in [-0.4, -0.2) is 41.1 Å². The van der Waals surface area contributed by atoms with Crippen LogP contribution in [0.25, 0.3) is 0 Å². The first-order chi connectivity index (χ1) is 10.1. The summed E-state index contributed by atoms with van der Waals surface area (Å²) in [5, 5.41) is 0. The van der Waals surface area contributed by atoms with Crippen LogP contribution < -0.4 is 5.73 Å². The second kappa shape index (κ2) is 7.05. The summed E-state index contributed by atoms with van der Waals surface area (Å²) in [6.45, 7) is 5.50. The Morgan fingerprint density at radius 2 is 2.00 bits per heavy atom. The zero-order valence-electron chi connectivity index (χ0n) is 13.3. The molecule has 120 valence electrons. The molecule has 1 aliphatic heterocycles. The van der Waals surface area contributed by atoms with Gasteiger partial charge in [-0.05, 0) is 32.1 Å². The van der Waals surface area contributed by atoms with Crippen molar-refractivity contribution in [2.24, 2.45) is 11.1 Å². The molecule has 0 radical (unpaired) electrons. The number of morpholine rings is 1. The van der Waals surface area contributed by atoms with Crippen LogP contribution in [0.15, 0.2) is 0 Å².